The van der Waals surface area contributed by atoms with Gasteiger partial charge in [-0.1, -0.05) is 39.2 Å². The first-order valence-electron chi connectivity index (χ1n) is 9.41. The third-order valence-corrected chi connectivity index (χ3v) is 6.80. The minimum Gasteiger partial charge on any atom is -0.430 e. The van der Waals surface area contributed by atoms with Gasteiger partial charge in [0, 0.05) is 5.41 Å². The molecule has 0 saturated carbocycles. The largest absolute Gasteiger partial charge is 0.514 e. The van der Waals surface area contributed by atoms with Gasteiger partial charge in [-0.15, -0.1) is 0 Å². The second kappa shape index (κ2) is 12.2. The molecular weight excluding hydrogens is 692 g/mol. The minimum absolute atomic E-state index is 0.0502. The van der Waals surface area contributed by atoms with E-state index in [1.807, 2.05) is 38.1 Å². The molecule has 176 valence electrons. The highest BCUT2D eigenvalue weighted by atomic mass is 79.9. The quantitative estimate of drug-likeness (QED) is 0.156. The molecule has 0 aromatic heterocycles. The molecule has 0 heterocycles. The molecule has 2 rings (SSSR count). The molecule has 0 unspecified atom stereocenters. The topological polar surface area (TPSA) is 71.1 Å². The molecule has 0 amide bonds. The first-order chi connectivity index (χ1) is 15.5. The van der Waals surface area contributed by atoms with Crippen molar-refractivity contribution in [2.24, 2.45) is 0 Å². The maximum atomic E-state index is 11.8. The lowest BCUT2D eigenvalue weighted by atomic mass is 9.78. The van der Waals surface area contributed by atoms with Crippen LogP contribution in [0.1, 0.15) is 25.0 Å². The number of hydrogen-bond donors (Lipinski definition) is 0. The minimum atomic E-state index is -0.835. The van der Waals surface area contributed by atoms with Gasteiger partial charge in [-0.05, 0) is 99.1 Å². The number of hydrogen-bond acceptors (Lipinski definition) is 6. The van der Waals surface area contributed by atoms with Crippen molar-refractivity contribution in [3.05, 3.63) is 78.6 Å². The second-order valence-corrected chi connectivity index (χ2v) is 10.5. The maximum absolute atomic E-state index is 11.8. The van der Waals surface area contributed by atoms with Gasteiger partial charge >= 0.3 is 12.3 Å². The fraction of sp³-hybridized carbons (Fsp3) is 0.217. The fourth-order valence-electron chi connectivity index (χ4n) is 2.68. The van der Waals surface area contributed by atoms with Crippen LogP contribution in [-0.2, 0) is 14.9 Å². The molecule has 0 radical (unpaired) electrons. The summed E-state index contributed by atoms with van der Waals surface area (Å²) in [6.45, 7) is 11.2. The first kappa shape index (κ1) is 27.6. The summed E-state index contributed by atoms with van der Waals surface area (Å²) in [5.74, 6) is 0.598. The van der Waals surface area contributed by atoms with Crippen molar-refractivity contribution in [3.63, 3.8) is 0 Å². The Bertz CT molecular complexity index is 951. The van der Waals surface area contributed by atoms with E-state index in [0.29, 0.717) is 29.4 Å². The maximum Gasteiger partial charge on any atom is 0.514 e. The molecule has 0 atom stereocenters. The van der Waals surface area contributed by atoms with Gasteiger partial charge in [0.1, 0.15) is 13.2 Å². The molecule has 0 aliphatic heterocycles. The predicted octanol–water partition coefficient (Wildman–Crippen LogP) is 8.47. The first-order valence-corrected chi connectivity index (χ1v) is 12.6. The predicted molar refractivity (Wildman–Crippen MR) is 140 cm³/mol. The van der Waals surface area contributed by atoms with Crippen molar-refractivity contribution in [1.82, 2.24) is 0 Å². The highest BCUT2D eigenvalue weighted by Gasteiger charge is 2.28. The van der Waals surface area contributed by atoms with Gasteiger partial charge in [-0.25, -0.2) is 9.59 Å². The summed E-state index contributed by atoms with van der Waals surface area (Å²) < 4.78 is 22.6. The molecule has 33 heavy (non-hydrogen) atoms. The van der Waals surface area contributed by atoms with E-state index in [1.165, 1.54) is 12.2 Å². The average molecular weight is 712 g/mol. The lowest BCUT2D eigenvalue weighted by Crippen LogP contribution is -2.20. The lowest BCUT2D eigenvalue weighted by Gasteiger charge is -2.28. The third-order valence-electron chi connectivity index (χ3n) is 4.45. The van der Waals surface area contributed by atoms with Crippen LogP contribution in [0.3, 0.4) is 0 Å². The summed E-state index contributed by atoms with van der Waals surface area (Å²) in [7, 11) is 0. The summed E-state index contributed by atoms with van der Waals surface area (Å²) in [6, 6.07) is 7.44. The number of benzene rings is 2. The number of carbonyl (C=O) groups excluding carboxylic acids is 2. The van der Waals surface area contributed by atoms with E-state index in [9.17, 15) is 9.59 Å². The van der Waals surface area contributed by atoms with E-state index in [0.717, 1.165) is 11.1 Å². The van der Waals surface area contributed by atoms with Crippen LogP contribution in [0, 0.1) is 0 Å². The number of halogens is 4. The zero-order valence-corrected chi connectivity index (χ0v) is 24.1. The smallest absolute Gasteiger partial charge is 0.430 e. The Morgan fingerprint density at radius 2 is 1.06 bits per heavy atom. The summed E-state index contributed by atoms with van der Waals surface area (Å²) in [5, 5.41) is 0. The Morgan fingerprint density at radius 1 is 0.758 bits per heavy atom. The molecule has 0 aliphatic carbocycles. The Morgan fingerprint density at radius 3 is 1.33 bits per heavy atom. The van der Waals surface area contributed by atoms with Gasteiger partial charge < -0.3 is 18.9 Å². The van der Waals surface area contributed by atoms with Crippen LogP contribution in [0.2, 0.25) is 0 Å². The van der Waals surface area contributed by atoms with E-state index in [2.05, 4.69) is 76.9 Å². The molecule has 0 aliphatic rings. The van der Waals surface area contributed by atoms with Crippen LogP contribution in [0.25, 0.3) is 0 Å². The fourth-order valence-corrected chi connectivity index (χ4v) is 5.38. The molecule has 0 spiro atoms. The van der Waals surface area contributed by atoms with Crippen molar-refractivity contribution < 1.29 is 28.5 Å². The zero-order chi connectivity index (χ0) is 24.8. The van der Waals surface area contributed by atoms with E-state index < -0.39 is 17.7 Å². The molecule has 0 N–H and O–H groups in total. The van der Waals surface area contributed by atoms with Crippen LogP contribution < -0.4 is 9.47 Å². The van der Waals surface area contributed by atoms with Gasteiger partial charge in [0.05, 0.1) is 17.9 Å². The lowest BCUT2D eigenvalue weighted by molar-refractivity contribution is 0.108. The Hall–Kier alpha value is -1.62. The van der Waals surface area contributed by atoms with Crippen LogP contribution in [0.15, 0.2) is 67.5 Å². The second-order valence-electron chi connectivity index (χ2n) is 7.07. The monoisotopic (exact) mass is 708 g/mol. The zero-order valence-electron chi connectivity index (χ0n) is 17.8. The van der Waals surface area contributed by atoms with Gasteiger partial charge in [-0.2, -0.15) is 0 Å². The van der Waals surface area contributed by atoms with Crippen molar-refractivity contribution in [3.8, 4) is 11.5 Å². The van der Waals surface area contributed by atoms with Crippen LogP contribution in [-0.4, -0.2) is 25.5 Å². The summed E-state index contributed by atoms with van der Waals surface area (Å²) in [6.07, 6.45) is 1.23. The molecule has 2 aromatic rings. The molecule has 2 aromatic carbocycles. The number of carbonyl (C=O) groups is 2. The Kier molecular flexibility index (Phi) is 10.2. The molecule has 6 nitrogen and oxygen atoms in total. The van der Waals surface area contributed by atoms with Crippen LogP contribution in [0.4, 0.5) is 9.59 Å². The average Bonchev–Trinajstić information content (AvgIpc) is 2.75. The third kappa shape index (κ3) is 7.18. The molecule has 0 bridgehead atoms. The number of ether oxygens (including phenoxy) is 4. The van der Waals surface area contributed by atoms with Gasteiger partial charge in [-0.3, -0.25) is 0 Å². The van der Waals surface area contributed by atoms with E-state index in [1.54, 1.807) is 0 Å². The number of rotatable bonds is 8. The van der Waals surface area contributed by atoms with E-state index in [4.69, 9.17) is 18.9 Å². The van der Waals surface area contributed by atoms with Gasteiger partial charge in [0.25, 0.3) is 0 Å². The van der Waals surface area contributed by atoms with Gasteiger partial charge in [0.15, 0.2) is 11.5 Å². The van der Waals surface area contributed by atoms with Crippen molar-refractivity contribution in [2.45, 2.75) is 19.3 Å². The van der Waals surface area contributed by atoms with Crippen molar-refractivity contribution in [1.29, 1.82) is 0 Å². The normalized spacial score (nSPS) is 10.8. The molecule has 0 fully saturated rings. The van der Waals surface area contributed by atoms with Crippen LogP contribution in [0.5, 0.6) is 11.5 Å². The summed E-state index contributed by atoms with van der Waals surface area (Å²) >= 11 is 13.9. The van der Waals surface area contributed by atoms with Crippen LogP contribution >= 0.6 is 63.7 Å². The highest BCUT2D eigenvalue weighted by molar-refractivity contribution is 9.11. The van der Waals surface area contributed by atoms with E-state index in [-0.39, 0.29) is 13.2 Å². The Labute approximate surface area is 225 Å². The molecule has 10 heteroatoms. The van der Waals surface area contributed by atoms with Gasteiger partial charge in [0.2, 0.25) is 0 Å². The molecule has 0 saturated heterocycles. The Balaban J connectivity index is 2.35. The summed E-state index contributed by atoms with van der Waals surface area (Å²) in [5.41, 5.74) is 1.36. The standard InChI is InChI=1S/C23H20Br4O6/c1-5-7-30-21(28)32-19-15(24)9-13(10-16(19)25)23(3,4)14-11-17(26)20(18(27)12-14)33-22(29)31-8-6-2/h5-6,9-12H,1-2,7-8H2,3-4H3. The summed E-state index contributed by atoms with van der Waals surface area (Å²) in [4.78, 5) is 23.7. The van der Waals surface area contributed by atoms with Crippen molar-refractivity contribution in [2.75, 3.05) is 13.2 Å². The van der Waals surface area contributed by atoms with Crippen molar-refractivity contribution >= 4 is 76.0 Å². The SMILES string of the molecule is C=CCOC(=O)Oc1c(Br)cc(C(C)(C)c2cc(Br)c(OC(=O)OCC=C)c(Br)c2)cc1Br. The van der Waals surface area contributed by atoms with E-state index >= 15 is 0 Å². The highest BCUT2D eigenvalue weighted by Crippen LogP contribution is 2.44. The molecular formula is C23H20Br4O6.